The van der Waals surface area contributed by atoms with E-state index in [1.165, 1.54) is 32.5 Å². The highest BCUT2D eigenvalue weighted by molar-refractivity contribution is 6.19. The van der Waals surface area contributed by atoms with Crippen molar-refractivity contribution >= 4 is 54.1 Å². The molecule has 9 aromatic carbocycles. The van der Waals surface area contributed by atoms with Crippen molar-refractivity contribution in [3.63, 3.8) is 0 Å². The summed E-state index contributed by atoms with van der Waals surface area (Å²) >= 11 is 0. The molecule has 0 fully saturated rings. The fourth-order valence-electron chi connectivity index (χ4n) is 8.23. The molecule has 0 N–H and O–H groups in total. The predicted octanol–water partition coefficient (Wildman–Crippen LogP) is 13.1. The van der Waals surface area contributed by atoms with Crippen LogP contribution in [0.25, 0.3) is 105 Å². The van der Waals surface area contributed by atoms with E-state index in [1.807, 2.05) is 6.07 Å². The first-order valence-electron chi connectivity index (χ1n) is 18.6. The molecule has 4 heteroatoms. The Balaban J connectivity index is 1.16. The van der Waals surface area contributed by atoms with Gasteiger partial charge in [-0.1, -0.05) is 164 Å². The van der Waals surface area contributed by atoms with Crippen molar-refractivity contribution in [1.29, 1.82) is 0 Å². The van der Waals surface area contributed by atoms with Crippen LogP contribution in [0.2, 0.25) is 0 Å². The predicted molar refractivity (Wildman–Crippen MR) is 228 cm³/mol. The lowest BCUT2D eigenvalue weighted by atomic mass is 9.93. The molecule has 2 aromatic heterocycles. The van der Waals surface area contributed by atoms with E-state index in [0.29, 0.717) is 17.5 Å². The van der Waals surface area contributed by atoms with E-state index in [2.05, 4.69) is 193 Å². The minimum Gasteiger partial charge on any atom is -0.309 e. The van der Waals surface area contributed by atoms with Crippen LogP contribution in [0.4, 0.5) is 0 Å². The van der Waals surface area contributed by atoms with Gasteiger partial charge in [0, 0.05) is 33.2 Å². The lowest BCUT2D eigenvalue weighted by Gasteiger charge is -2.15. The first-order valence-corrected chi connectivity index (χ1v) is 18.6. The second kappa shape index (κ2) is 12.6. The molecule has 0 spiro atoms. The van der Waals surface area contributed by atoms with Crippen LogP contribution in [0, 0.1) is 0 Å². The molecule has 0 amide bonds. The second-order valence-corrected chi connectivity index (χ2v) is 14.0. The molecule has 11 aromatic rings. The number of rotatable bonds is 5. The number of hydrogen-bond acceptors (Lipinski definition) is 3. The Morgan fingerprint density at radius 1 is 0.291 bits per heavy atom. The average molecular weight is 701 g/mol. The number of hydrogen-bond donors (Lipinski definition) is 0. The van der Waals surface area contributed by atoms with Crippen LogP contribution in [0.5, 0.6) is 0 Å². The van der Waals surface area contributed by atoms with E-state index in [-0.39, 0.29) is 0 Å². The highest BCUT2D eigenvalue weighted by atomic mass is 15.0. The quantitative estimate of drug-likeness (QED) is 0.133. The SMILES string of the molecule is c1ccc(-c2ccc(-c3nc(-c4cccc(-n5c6ccccc6c6ccccc65)c4)nc(-c4c5ccccc5cc5c4ccc4ccccc45)n3)cc2)cc1. The van der Waals surface area contributed by atoms with E-state index >= 15 is 0 Å². The van der Waals surface area contributed by atoms with Crippen LogP contribution in [-0.4, -0.2) is 19.5 Å². The summed E-state index contributed by atoms with van der Waals surface area (Å²) in [6.45, 7) is 0. The third kappa shape index (κ3) is 5.19. The fourth-order valence-corrected chi connectivity index (χ4v) is 8.23. The molecule has 0 atom stereocenters. The van der Waals surface area contributed by atoms with Crippen molar-refractivity contribution in [1.82, 2.24) is 19.5 Å². The summed E-state index contributed by atoms with van der Waals surface area (Å²) in [5.74, 6) is 1.90. The minimum absolute atomic E-state index is 0.622. The first kappa shape index (κ1) is 31.1. The Labute approximate surface area is 317 Å². The summed E-state index contributed by atoms with van der Waals surface area (Å²) < 4.78 is 2.34. The number of benzene rings is 9. The van der Waals surface area contributed by atoms with Crippen molar-refractivity contribution in [2.45, 2.75) is 0 Å². The lowest BCUT2D eigenvalue weighted by Crippen LogP contribution is -2.02. The summed E-state index contributed by atoms with van der Waals surface area (Å²) in [7, 11) is 0. The molecule has 0 aliphatic heterocycles. The van der Waals surface area contributed by atoms with Crippen LogP contribution in [0.1, 0.15) is 0 Å². The van der Waals surface area contributed by atoms with Gasteiger partial charge in [-0.25, -0.2) is 15.0 Å². The molecule has 0 bridgehead atoms. The average Bonchev–Trinajstić information content (AvgIpc) is 3.60. The Kier molecular flexibility index (Phi) is 7.14. The van der Waals surface area contributed by atoms with Crippen LogP contribution in [0.15, 0.2) is 194 Å². The smallest absolute Gasteiger partial charge is 0.165 e. The fraction of sp³-hybridized carbons (Fsp3) is 0. The topological polar surface area (TPSA) is 43.6 Å². The zero-order valence-corrected chi connectivity index (χ0v) is 29.8. The van der Waals surface area contributed by atoms with Gasteiger partial charge in [0.1, 0.15) is 0 Å². The molecular weight excluding hydrogens is 669 g/mol. The lowest BCUT2D eigenvalue weighted by molar-refractivity contribution is 1.08. The highest BCUT2D eigenvalue weighted by Crippen LogP contribution is 2.40. The third-order valence-corrected chi connectivity index (χ3v) is 10.8. The molecule has 11 rings (SSSR count). The highest BCUT2D eigenvalue weighted by Gasteiger charge is 2.19. The van der Waals surface area contributed by atoms with Crippen molar-refractivity contribution in [2.24, 2.45) is 0 Å². The zero-order valence-electron chi connectivity index (χ0n) is 29.8. The summed E-state index contributed by atoms with van der Waals surface area (Å²) in [6, 6.07) is 68.6. The summed E-state index contributed by atoms with van der Waals surface area (Å²) in [6.07, 6.45) is 0. The third-order valence-electron chi connectivity index (χ3n) is 10.8. The van der Waals surface area contributed by atoms with Gasteiger partial charge >= 0.3 is 0 Å². The van der Waals surface area contributed by atoms with Gasteiger partial charge in [-0.3, -0.25) is 0 Å². The maximum Gasteiger partial charge on any atom is 0.165 e. The molecule has 2 heterocycles. The molecule has 0 saturated carbocycles. The Morgan fingerprint density at radius 2 is 0.836 bits per heavy atom. The van der Waals surface area contributed by atoms with Crippen LogP contribution < -0.4 is 0 Å². The zero-order chi connectivity index (χ0) is 36.3. The number of para-hydroxylation sites is 2. The molecule has 0 aliphatic carbocycles. The number of nitrogens with zero attached hydrogens (tertiary/aromatic N) is 4. The van der Waals surface area contributed by atoms with Crippen LogP contribution in [-0.2, 0) is 0 Å². The number of aromatic nitrogens is 4. The van der Waals surface area contributed by atoms with E-state index < -0.39 is 0 Å². The van der Waals surface area contributed by atoms with Gasteiger partial charge in [-0.05, 0) is 73.8 Å². The van der Waals surface area contributed by atoms with Gasteiger partial charge in [0.25, 0.3) is 0 Å². The Hall–Kier alpha value is -7.43. The van der Waals surface area contributed by atoms with Crippen molar-refractivity contribution in [2.75, 3.05) is 0 Å². The minimum atomic E-state index is 0.622. The first-order chi connectivity index (χ1) is 27.3. The summed E-state index contributed by atoms with van der Waals surface area (Å²) in [5, 5.41) is 9.39. The van der Waals surface area contributed by atoms with Crippen molar-refractivity contribution in [3.05, 3.63) is 194 Å². The molecule has 0 unspecified atom stereocenters. The number of fused-ring (bicyclic) bond motifs is 7. The Morgan fingerprint density at radius 3 is 1.58 bits per heavy atom. The molecule has 0 saturated heterocycles. The molecule has 256 valence electrons. The molecule has 55 heavy (non-hydrogen) atoms. The van der Waals surface area contributed by atoms with Gasteiger partial charge < -0.3 is 4.57 Å². The van der Waals surface area contributed by atoms with Gasteiger partial charge in [0.05, 0.1) is 11.0 Å². The standard InChI is InChI=1S/C51H32N4/c1-2-13-33(14-3-1)34-25-27-36(28-26-34)49-52-50(38-17-12-18-39(31-38)55-46-23-10-8-21-42(46)43-22-9-11-24-47(43)55)54-51(53-49)48-41-20-7-5-16-37(41)32-45-40-19-6-4-15-35(40)29-30-44(45)48/h1-32H. The van der Waals surface area contributed by atoms with Crippen LogP contribution >= 0.6 is 0 Å². The van der Waals surface area contributed by atoms with Crippen molar-refractivity contribution < 1.29 is 0 Å². The molecule has 4 nitrogen and oxygen atoms in total. The van der Waals surface area contributed by atoms with Crippen molar-refractivity contribution in [3.8, 4) is 51.0 Å². The van der Waals surface area contributed by atoms with E-state index in [0.717, 1.165) is 55.1 Å². The maximum absolute atomic E-state index is 5.36. The van der Waals surface area contributed by atoms with Gasteiger partial charge in [0.2, 0.25) is 0 Å². The maximum atomic E-state index is 5.36. The molecular formula is C51H32N4. The van der Waals surface area contributed by atoms with Gasteiger partial charge in [-0.15, -0.1) is 0 Å². The molecule has 0 aliphatic rings. The largest absolute Gasteiger partial charge is 0.309 e. The Bertz CT molecular complexity index is 3200. The normalized spacial score (nSPS) is 11.6. The summed E-state index contributed by atoms with van der Waals surface area (Å²) in [5.41, 5.74) is 8.53. The van der Waals surface area contributed by atoms with Gasteiger partial charge in [-0.2, -0.15) is 0 Å². The van der Waals surface area contributed by atoms with E-state index in [9.17, 15) is 0 Å². The molecule has 0 radical (unpaired) electrons. The van der Waals surface area contributed by atoms with Crippen LogP contribution in [0.3, 0.4) is 0 Å². The monoisotopic (exact) mass is 700 g/mol. The van der Waals surface area contributed by atoms with E-state index in [4.69, 9.17) is 15.0 Å². The second-order valence-electron chi connectivity index (χ2n) is 14.0. The van der Waals surface area contributed by atoms with E-state index in [1.54, 1.807) is 0 Å². The summed E-state index contributed by atoms with van der Waals surface area (Å²) in [4.78, 5) is 15.9. The van der Waals surface area contributed by atoms with Gasteiger partial charge in [0.15, 0.2) is 17.5 Å².